The molecule has 5 nitrogen and oxygen atoms in total. The van der Waals surface area contributed by atoms with E-state index in [9.17, 15) is 14.3 Å². The molecule has 0 spiro atoms. The third kappa shape index (κ3) is 3.26. The maximum Gasteiger partial charge on any atom is 0.210 e. The number of aliphatic hydroxyl groups excluding tert-OH is 1. The number of rotatable bonds is 4. The van der Waals surface area contributed by atoms with Crippen LogP contribution in [0.5, 0.6) is 0 Å². The molecule has 3 unspecified atom stereocenters. The van der Waals surface area contributed by atoms with Crippen LogP contribution in [0, 0.1) is 17.7 Å². The number of nitrogens with zero attached hydrogens (tertiary/aromatic N) is 2. The van der Waals surface area contributed by atoms with Gasteiger partial charge in [-0.1, -0.05) is 19.1 Å². The van der Waals surface area contributed by atoms with E-state index in [0.717, 1.165) is 19.4 Å². The third-order valence-corrected chi connectivity index (χ3v) is 5.42. The first-order valence-corrected chi connectivity index (χ1v) is 8.57. The van der Waals surface area contributed by atoms with E-state index in [1.807, 2.05) is 9.80 Å². The first-order chi connectivity index (χ1) is 11.7. The molecule has 0 radical (unpaired) electrons. The van der Waals surface area contributed by atoms with Gasteiger partial charge < -0.3 is 19.6 Å². The summed E-state index contributed by atoms with van der Waals surface area (Å²) >= 11 is 0. The third-order valence-electron chi connectivity index (χ3n) is 5.42. The number of aliphatic hydroxyl groups is 1. The van der Waals surface area contributed by atoms with E-state index in [1.165, 1.54) is 0 Å². The quantitative estimate of drug-likeness (QED) is 0.850. The van der Waals surface area contributed by atoms with Crippen LogP contribution < -0.4 is 4.90 Å². The normalized spacial score (nSPS) is 28.0. The maximum atomic E-state index is 14.6. The molecule has 1 aromatic carbocycles. The predicted octanol–water partition coefficient (Wildman–Crippen LogP) is 1.64. The van der Waals surface area contributed by atoms with E-state index in [-0.39, 0.29) is 24.4 Å². The Kier molecular flexibility index (Phi) is 5.36. The average Bonchev–Trinajstić information content (AvgIpc) is 2.62. The van der Waals surface area contributed by atoms with Crippen LogP contribution in [0.3, 0.4) is 0 Å². The summed E-state index contributed by atoms with van der Waals surface area (Å²) in [5.41, 5.74) is 0.803. The fourth-order valence-corrected chi connectivity index (χ4v) is 3.84. The molecule has 24 heavy (non-hydrogen) atoms. The fraction of sp³-hybridized carbons (Fsp3) is 0.611. The molecule has 0 aliphatic carbocycles. The smallest absolute Gasteiger partial charge is 0.210 e. The highest BCUT2D eigenvalue weighted by molar-refractivity contribution is 5.54. The van der Waals surface area contributed by atoms with Crippen LogP contribution in [0.4, 0.5) is 10.1 Å². The van der Waals surface area contributed by atoms with Gasteiger partial charge in [-0.15, -0.1) is 0 Å². The Bertz CT molecular complexity index is 583. The van der Waals surface area contributed by atoms with Crippen molar-refractivity contribution in [3.8, 4) is 0 Å². The van der Waals surface area contributed by atoms with Crippen molar-refractivity contribution in [2.24, 2.45) is 11.8 Å². The molecule has 2 saturated heterocycles. The number of hydrogen-bond acceptors (Lipinski definition) is 4. The molecule has 3 rings (SSSR count). The molecule has 1 aromatic rings. The van der Waals surface area contributed by atoms with E-state index in [2.05, 4.69) is 6.92 Å². The number of piperazine rings is 1. The van der Waals surface area contributed by atoms with Crippen LogP contribution in [0.2, 0.25) is 0 Å². The van der Waals surface area contributed by atoms with E-state index >= 15 is 0 Å². The zero-order valence-corrected chi connectivity index (χ0v) is 14.0. The van der Waals surface area contributed by atoms with Crippen molar-refractivity contribution in [1.82, 2.24) is 4.90 Å². The number of ether oxygens (including phenoxy) is 1. The highest BCUT2D eigenvalue weighted by Crippen LogP contribution is 2.31. The molecule has 6 heteroatoms. The predicted molar refractivity (Wildman–Crippen MR) is 89.2 cm³/mol. The van der Waals surface area contributed by atoms with Crippen LogP contribution in [-0.2, 0) is 16.1 Å². The average molecular weight is 336 g/mol. The summed E-state index contributed by atoms with van der Waals surface area (Å²) < 4.78 is 20.2. The number of amides is 1. The molecule has 132 valence electrons. The monoisotopic (exact) mass is 336 g/mol. The van der Waals surface area contributed by atoms with Crippen LogP contribution >= 0.6 is 0 Å². The summed E-state index contributed by atoms with van der Waals surface area (Å²) in [6.45, 7) is 5.03. The Labute approximate surface area is 142 Å². The minimum absolute atomic E-state index is 0.0173. The number of benzene rings is 1. The number of anilines is 1. The van der Waals surface area contributed by atoms with Gasteiger partial charge in [-0.25, -0.2) is 4.39 Å². The maximum absolute atomic E-state index is 14.6. The summed E-state index contributed by atoms with van der Waals surface area (Å²) in [7, 11) is 0. The molecule has 2 aliphatic heterocycles. The largest absolute Gasteiger partial charge is 0.392 e. The van der Waals surface area contributed by atoms with E-state index < -0.39 is 0 Å². The topological polar surface area (TPSA) is 53.0 Å². The lowest BCUT2D eigenvalue weighted by molar-refractivity contribution is -0.124. The standard InChI is InChI=1S/C18H25FN2O3/c1-13-5-8-24-11-15(13)17-9-20(6-7-21(17)12-23)16-4-2-3-14(10-22)18(16)19/h2-4,12-13,15,17,22H,5-11H2,1H3. The highest BCUT2D eigenvalue weighted by atomic mass is 19.1. The molecular weight excluding hydrogens is 311 g/mol. The lowest BCUT2D eigenvalue weighted by atomic mass is 9.82. The molecule has 0 saturated carbocycles. The SMILES string of the molecule is CC1CCOCC1C1CN(c2cccc(CO)c2F)CCN1C=O. The minimum Gasteiger partial charge on any atom is -0.392 e. The molecule has 3 atom stereocenters. The van der Waals surface area contributed by atoms with Gasteiger partial charge in [0.05, 0.1) is 24.9 Å². The van der Waals surface area contributed by atoms with Gasteiger partial charge in [0.15, 0.2) is 5.82 Å². The van der Waals surface area contributed by atoms with Gasteiger partial charge >= 0.3 is 0 Å². The van der Waals surface area contributed by atoms with Crippen LogP contribution in [0.25, 0.3) is 0 Å². The molecule has 2 fully saturated rings. The van der Waals surface area contributed by atoms with Gasteiger partial charge in [-0.3, -0.25) is 4.79 Å². The highest BCUT2D eigenvalue weighted by Gasteiger charge is 2.37. The van der Waals surface area contributed by atoms with Crippen LogP contribution in [0.1, 0.15) is 18.9 Å². The lowest BCUT2D eigenvalue weighted by Crippen LogP contribution is -2.58. The molecule has 2 heterocycles. The van der Waals surface area contributed by atoms with Crippen molar-refractivity contribution in [2.75, 3.05) is 37.7 Å². The Morgan fingerprint density at radius 1 is 1.42 bits per heavy atom. The van der Waals surface area contributed by atoms with Gasteiger partial charge in [-0.05, 0) is 18.4 Å². The first-order valence-electron chi connectivity index (χ1n) is 8.57. The zero-order chi connectivity index (χ0) is 17.1. The summed E-state index contributed by atoms with van der Waals surface area (Å²) in [5, 5.41) is 9.28. The Morgan fingerprint density at radius 2 is 2.25 bits per heavy atom. The Balaban J connectivity index is 1.83. The van der Waals surface area contributed by atoms with Crippen molar-refractivity contribution in [3.05, 3.63) is 29.6 Å². The summed E-state index contributed by atoms with van der Waals surface area (Å²) in [4.78, 5) is 15.3. The van der Waals surface area contributed by atoms with E-state index in [1.54, 1.807) is 18.2 Å². The summed E-state index contributed by atoms with van der Waals surface area (Å²) in [5.74, 6) is 0.363. The number of hydrogen-bond donors (Lipinski definition) is 1. The molecule has 1 amide bonds. The Morgan fingerprint density at radius 3 is 2.96 bits per heavy atom. The molecule has 0 bridgehead atoms. The van der Waals surface area contributed by atoms with Crippen LogP contribution in [-0.4, -0.2) is 55.3 Å². The van der Waals surface area contributed by atoms with Gasteiger partial charge in [0.1, 0.15) is 0 Å². The number of carbonyl (C=O) groups is 1. The molecule has 0 aromatic heterocycles. The summed E-state index contributed by atoms with van der Waals surface area (Å²) in [6, 6.07) is 5.11. The first kappa shape index (κ1) is 17.2. The van der Waals surface area contributed by atoms with Crippen molar-refractivity contribution in [3.63, 3.8) is 0 Å². The second-order valence-corrected chi connectivity index (χ2v) is 6.77. The van der Waals surface area contributed by atoms with E-state index in [4.69, 9.17) is 4.74 Å². The second kappa shape index (κ2) is 7.49. The lowest BCUT2D eigenvalue weighted by Gasteiger charge is -2.46. The fourth-order valence-electron chi connectivity index (χ4n) is 3.84. The van der Waals surface area contributed by atoms with Crippen LogP contribution in [0.15, 0.2) is 18.2 Å². The van der Waals surface area contributed by atoms with Gasteiger partial charge in [0.25, 0.3) is 0 Å². The van der Waals surface area contributed by atoms with Crippen molar-refractivity contribution < 1.29 is 19.0 Å². The summed E-state index contributed by atoms with van der Waals surface area (Å²) in [6.07, 6.45) is 1.89. The molecular formula is C18H25FN2O3. The minimum atomic E-state index is -0.369. The van der Waals surface area contributed by atoms with Gasteiger partial charge in [0, 0.05) is 37.7 Å². The van der Waals surface area contributed by atoms with Gasteiger partial charge in [0.2, 0.25) is 6.41 Å². The number of halogens is 1. The Hall–Kier alpha value is -1.66. The second-order valence-electron chi connectivity index (χ2n) is 6.77. The molecule has 1 N–H and O–H groups in total. The number of carbonyl (C=O) groups excluding carboxylic acids is 1. The van der Waals surface area contributed by atoms with Crippen molar-refractivity contribution >= 4 is 12.1 Å². The zero-order valence-electron chi connectivity index (χ0n) is 14.0. The van der Waals surface area contributed by atoms with E-state index in [0.29, 0.717) is 43.4 Å². The van der Waals surface area contributed by atoms with Gasteiger partial charge in [-0.2, -0.15) is 0 Å². The van der Waals surface area contributed by atoms with Crippen molar-refractivity contribution in [1.29, 1.82) is 0 Å². The molecule has 2 aliphatic rings. The van der Waals surface area contributed by atoms with Crippen molar-refractivity contribution in [2.45, 2.75) is 26.0 Å².